The summed E-state index contributed by atoms with van der Waals surface area (Å²) in [5, 5.41) is 18.6. The molecule has 0 saturated heterocycles. The van der Waals surface area contributed by atoms with Gasteiger partial charge in [0.1, 0.15) is 5.75 Å². The molecule has 0 unspecified atom stereocenters. The normalized spacial score (nSPS) is 11.6. The van der Waals surface area contributed by atoms with E-state index in [0.29, 0.717) is 11.7 Å². The molecule has 2 aromatic carbocycles. The van der Waals surface area contributed by atoms with E-state index in [1.807, 2.05) is 43.3 Å². The van der Waals surface area contributed by atoms with Crippen molar-refractivity contribution in [3.63, 3.8) is 0 Å². The first-order chi connectivity index (χ1) is 12.9. The summed E-state index contributed by atoms with van der Waals surface area (Å²) >= 11 is 0. The molecule has 0 aliphatic carbocycles. The molecule has 0 bridgehead atoms. The first-order valence-corrected chi connectivity index (χ1v) is 8.82. The third-order valence-corrected chi connectivity index (χ3v) is 4.53. The minimum absolute atomic E-state index is 0.0335. The summed E-state index contributed by atoms with van der Waals surface area (Å²) in [5.74, 6) is 0.529. The van der Waals surface area contributed by atoms with E-state index in [9.17, 15) is 9.90 Å². The maximum absolute atomic E-state index is 12.1. The van der Waals surface area contributed by atoms with Gasteiger partial charge >= 0.3 is 5.91 Å². The van der Waals surface area contributed by atoms with Crippen LogP contribution in [0.25, 0.3) is 10.9 Å². The molecular weight excluding hydrogens is 342 g/mol. The maximum atomic E-state index is 12.1. The molecule has 0 fully saturated rings. The van der Waals surface area contributed by atoms with Crippen molar-refractivity contribution in [2.24, 2.45) is 17.3 Å². The SMILES string of the molecule is Cc1cc(C(C)C)ccc1OCC(=O)N=Nc1c(O)n(C)c2ccccc12. The fourth-order valence-corrected chi connectivity index (χ4v) is 2.93. The van der Waals surface area contributed by atoms with Gasteiger partial charge in [0, 0.05) is 12.4 Å². The first kappa shape index (κ1) is 18.6. The lowest BCUT2D eigenvalue weighted by Crippen LogP contribution is -2.08. The molecule has 0 aliphatic heterocycles. The number of hydrogen-bond acceptors (Lipinski definition) is 4. The number of hydrogen-bond donors (Lipinski definition) is 1. The molecule has 27 heavy (non-hydrogen) atoms. The quantitative estimate of drug-likeness (QED) is 0.646. The number of para-hydroxylation sites is 1. The van der Waals surface area contributed by atoms with E-state index >= 15 is 0 Å². The van der Waals surface area contributed by atoms with Crippen LogP contribution < -0.4 is 4.74 Å². The van der Waals surface area contributed by atoms with Crippen LogP contribution in [0.1, 0.15) is 30.9 Å². The molecule has 6 nitrogen and oxygen atoms in total. The number of ether oxygens (including phenoxy) is 1. The van der Waals surface area contributed by atoms with Gasteiger partial charge in [-0.05, 0) is 36.1 Å². The summed E-state index contributed by atoms with van der Waals surface area (Å²) in [6.07, 6.45) is 0. The topological polar surface area (TPSA) is 76.2 Å². The number of aryl methyl sites for hydroxylation is 2. The second kappa shape index (κ2) is 7.61. The largest absolute Gasteiger partial charge is 0.493 e. The van der Waals surface area contributed by atoms with Crippen LogP contribution in [-0.4, -0.2) is 22.2 Å². The van der Waals surface area contributed by atoms with Gasteiger partial charge in [0.2, 0.25) is 5.88 Å². The first-order valence-electron chi connectivity index (χ1n) is 8.82. The van der Waals surface area contributed by atoms with Crippen molar-refractivity contribution < 1.29 is 14.6 Å². The van der Waals surface area contributed by atoms with Crippen LogP contribution in [0, 0.1) is 6.92 Å². The van der Waals surface area contributed by atoms with Crippen molar-refractivity contribution >= 4 is 22.5 Å². The minimum Gasteiger partial charge on any atom is -0.493 e. The van der Waals surface area contributed by atoms with Crippen LogP contribution in [0.15, 0.2) is 52.7 Å². The number of azo groups is 1. The summed E-state index contributed by atoms with van der Waals surface area (Å²) in [4.78, 5) is 12.1. The van der Waals surface area contributed by atoms with E-state index in [1.54, 1.807) is 11.6 Å². The van der Waals surface area contributed by atoms with Gasteiger partial charge in [-0.2, -0.15) is 0 Å². The average Bonchev–Trinajstić information content (AvgIpc) is 2.89. The molecule has 0 aliphatic rings. The summed E-state index contributed by atoms with van der Waals surface area (Å²) in [6.45, 7) is 5.99. The van der Waals surface area contributed by atoms with E-state index in [2.05, 4.69) is 30.1 Å². The summed E-state index contributed by atoms with van der Waals surface area (Å²) in [7, 11) is 1.73. The second-order valence-corrected chi connectivity index (χ2v) is 6.81. The highest BCUT2D eigenvalue weighted by molar-refractivity contribution is 5.95. The molecule has 3 aromatic rings. The summed E-state index contributed by atoms with van der Waals surface area (Å²) < 4.78 is 7.18. The number of fused-ring (bicyclic) bond motifs is 1. The van der Waals surface area contributed by atoms with Gasteiger partial charge in [0.25, 0.3) is 0 Å². The molecule has 0 radical (unpaired) electrons. The summed E-state index contributed by atoms with van der Waals surface area (Å²) in [5.41, 5.74) is 3.28. The van der Waals surface area contributed by atoms with E-state index in [-0.39, 0.29) is 18.2 Å². The lowest BCUT2D eigenvalue weighted by Gasteiger charge is -2.11. The lowest BCUT2D eigenvalue weighted by atomic mass is 10.0. The van der Waals surface area contributed by atoms with E-state index < -0.39 is 5.91 Å². The van der Waals surface area contributed by atoms with Crippen molar-refractivity contribution in [2.45, 2.75) is 26.7 Å². The van der Waals surface area contributed by atoms with Gasteiger partial charge in [-0.15, -0.1) is 10.2 Å². The predicted octanol–water partition coefficient (Wildman–Crippen LogP) is 5.01. The third kappa shape index (κ3) is 3.84. The highest BCUT2D eigenvalue weighted by atomic mass is 16.5. The lowest BCUT2D eigenvalue weighted by molar-refractivity contribution is -0.120. The average molecular weight is 365 g/mol. The Morgan fingerprint density at radius 1 is 1.22 bits per heavy atom. The summed E-state index contributed by atoms with van der Waals surface area (Å²) in [6, 6.07) is 13.3. The number of benzene rings is 2. The van der Waals surface area contributed by atoms with Gasteiger partial charge in [0.15, 0.2) is 12.3 Å². The van der Waals surface area contributed by atoms with Crippen molar-refractivity contribution in [2.75, 3.05) is 6.61 Å². The monoisotopic (exact) mass is 365 g/mol. The predicted molar refractivity (Wildman–Crippen MR) is 105 cm³/mol. The molecule has 1 amide bonds. The Kier molecular flexibility index (Phi) is 5.26. The fourth-order valence-electron chi connectivity index (χ4n) is 2.93. The molecular formula is C21H23N3O3. The molecule has 0 spiro atoms. The zero-order chi connectivity index (χ0) is 19.6. The number of carbonyl (C=O) groups is 1. The van der Waals surface area contributed by atoms with E-state index in [1.165, 1.54) is 5.56 Å². The highest BCUT2D eigenvalue weighted by Crippen LogP contribution is 2.37. The Morgan fingerprint density at radius 3 is 2.67 bits per heavy atom. The fraction of sp³-hybridized carbons (Fsp3) is 0.286. The molecule has 1 heterocycles. The standard InChI is InChI=1S/C21H23N3O3/c1-13(2)15-9-10-18(14(3)11-15)27-12-19(25)22-23-20-16-7-5-6-8-17(16)24(4)21(20)26/h5-11,13,26H,12H2,1-4H3. The van der Waals surface area contributed by atoms with Crippen LogP contribution in [0.4, 0.5) is 5.69 Å². The smallest absolute Gasteiger partial charge is 0.302 e. The van der Waals surface area contributed by atoms with Crippen LogP contribution in [0.5, 0.6) is 11.6 Å². The zero-order valence-corrected chi connectivity index (χ0v) is 15.9. The number of rotatable bonds is 5. The molecule has 140 valence electrons. The molecule has 6 heteroatoms. The van der Waals surface area contributed by atoms with Crippen molar-refractivity contribution in [1.29, 1.82) is 0 Å². The van der Waals surface area contributed by atoms with Crippen molar-refractivity contribution in [1.82, 2.24) is 4.57 Å². The Labute approximate surface area is 158 Å². The van der Waals surface area contributed by atoms with Gasteiger partial charge in [-0.1, -0.05) is 44.2 Å². The van der Waals surface area contributed by atoms with Crippen LogP contribution >= 0.6 is 0 Å². The Morgan fingerprint density at radius 2 is 1.96 bits per heavy atom. The van der Waals surface area contributed by atoms with Crippen molar-refractivity contribution in [3.8, 4) is 11.6 Å². The van der Waals surface area contributed by atoms with Crippen LogP contribution in [0.2, 0.25) is 0 Å². The van der Waals surface area contributed by atoms with Gasteiger partial charge < -0.3 is 14.4 Å². The number of aromatic hydroxyl groups is 1. The minimum atomic E-state index is -0.519. The highest BCUT2D eigenvalue weighted by Gasteiger charge is 2.14. The Bertz CT molecular complexity index is 1020. The maximum Gasteiger partial charge on any atom is 0.302 e. The molecule has 1 N–H and O–H groups in total. The Balaban J connectivity index is 1.71. The molecule has 3 rings (SSSR count). The van der Waals surface area contributed by atoms with Gasteiger partial charge in [0.05, 0.1) is 5.52 Å². The van der Waals surface area contributed by atoms with E-state index in [0.717, 1.165) is 16.5 Å². The Hall–Kier alpha value is -3.15. The second-order valence-electron chi connectivity index (χ2n) is 6.81. The van der Waals surface area contributed by atoms with Crippen LogP contribution in [-0.2, 0) is 11.8 Å². The zero-order valence-electron chi connectivity index (χ0n) is 15.9. The number of nitrogens with zero attached hydrogens (tertiary/aromatic N) is 3. The van der Waals surface area contributed by atoms with Crippen LogP contribution in [0.3, 0.4) is 0 Å². The third-order valence-electron chi connectivity index (χ3n) is 4.53. The number of aromatic nitrogens is 1. The van der Waals surface area contributed by atoms with Gasteiger partial charge in [-0.3, -0.25) is 4.79 Å². The van der Waals surface area contributed by atoms with Crippen molar-refractivity contribution in [3.05, 3.63) is 53.6 Å². The van der Waals surface area contributed by atoms with E-state index in [4.69, 9.17) is 4.74 Å². The molecule has 1 aromatic heterocycles. The molecule has 0 saturated carbocycles. The number of amides is 1. The van der Waals surface area contributed by atoms with Gasteiger partial charge in [-0.25, -0.2) is 0 Å². The molecule has 0 atom stereocenters. The number of carbonyl (C=O) groups excluding carboxylic acids is 1.